The van der Waals surface area contributed by atoms with Crippen LogP contribution in [-0.4, -0.2) is 42.3 Å². The topological polar surface area (TPSA) is 61.8 Å². The number of hydrogen-bond donors (Lipinski definition) is 2. The molecule has 0 bridgehead atoms. The fourth-order valence-corrected chi connectivity index (χ4v) is 1.81. The number of urea groups is 1. The molecule has 0 spiro atoms. The Morgan fingerprint density at radius 2 is 2.21 bits per heavy atom. The zero-order chi connectivity index (χ0) is 14.3. The number of benzene rings is 1. The Bertz CT molecular complexity index is 426. The molecule has 0 saturated heterocycles. The van der Waals surface area contributed by atoms with Crippen LogP contribution in [0.15, 0.2) is 18.2 Å². The second-order valence-electron chi connectivity index (χ2n) is 3.81. The van der Waals surface area contributed by atoms with E-state index in [-0.39, 0.29) is 12.6 Å². The van der Waals surface area contributed by atoms with Crippen molar-refractivity contribution >= 4 is 23.3 Å². The Hall–Kier alpha value is -1.46. The third-order valence-corrected chi connectivity index (χ3v) is 2.82. The summed E-state index contributed by atoms with van der Waals surface area (Å²) < 4.78 is 5.32. The van der Waals surface area contributed by atoms with E-state index >= 15 is 0 Å². The average Bonchev–Trinajstić information content (AvgIpc) is 2.39. The zero-order valence-electron chi connectivity index (χ0n) is 11.1. The van der Waals surface area contributed by atoms with Crippen LogP contribution in [0.5, 0.6) is 5.75 Å². The third-order valence-electron chi connectivity index (χ3n) is 2.52. The summed E-state index contributed by atoms with van der Waals surface area (Å²) >= 11 is 6.04. The van der Waals surface area contributed by atoms with Crippen LogP contribution in [0.3, 0.4) is 0 Å². The molecule has 0 aliphatic carbocycles. The van der Waals surface area contributed by atoms with E-state index in [1.807, 2.05) is 13.8 Å². The monoisotopic (exact) mass is 286 g/mol. The summed E-state index contributed by atoms with van der Waals surface area (Å²) in [5.41, 5.74) is 0.592. The lowest BCUT2D eigenvalue weighted by molar-refractivity contribution is 0.192. The van der Waals surface area contributed by atoms with E-state index < -0.39 is 0 Å². The Morgan fingerprint density at radius 1 is 1.47 bits per heavy atom. The van der Waals surface area contributed by atoms with Gasteiger partial charge in [-0.2, -0.15) is 0 Å². The van der Waals surface area contributed by atoms with Gasteiger partial charge in [-0.3, -0.25) is 0 Å². The van der Waals surface area contributed by atoms with Crippen molar-refractivity contribution in [3.63, 3.8) is 0 Å². The second kappa shape index (κ2) is 7.86. The van der Waals surface area contributed by atoms with Crippen LogP contribution in [0, 0.1) is 0 Å². The van der Waals surface area contributed by atoms with Gasteiger partial charge in [-0.05, 0) is 32.0 Å². The first-order chi connectivity index (χ1) is 9.12. The normalized spacial score (nSPS) is 10.1. The van der Waals surface area contributed by atoms with Gasteiger partial charge >= 0.3 is 6.03 Å². The van der Waals surface area contributed by atoms with E-state index in [2.05, 4.69) is 5.32 Å². The Kier molecular flexibility index (Phi) is 6.45. The number of nitrogens with zero attached hydrogens (tertiary/aromatic N) is 1. The molecule has 1 aromatic carbocycles. The van der Waals surface area contributed by atoms with Gasteiger partial charge in [0.25, 0.3) is 0 Å². The third kappa shape index (κ3) is 4.61. The molecule has 2 N–H and O–H groups in total. The molecule has 5 nitrogen and oxygen atoms in total. The van der Waals surface area contributed by atoms with Crippen molar-refractivity contribution in [2.45, 2.75) is 13.8 Å². The molecular formula is C13H19ClN2O3. The quantitative estimate of drug-likeness (QED) is 0.845. The van der Waals surface area contributed by atoms with Gasteiger partial charge in [0, 0.05) is 18.8 Å². The van der Waals surface area contributed by atoms with Gasteiger partial charge in [0.15, 0.2) is 0 Å². The summed E-state index contributed by atoms with van der Waals surface area (Å²) in [7, 11) is 0. The van der Waals surface area contributed by atoms with Gasteiger partial charge in [0.05, 0.1) is 18.2 Å². The number of rotatable bonds is 6. The molecule has 106 valence electrons. The molecule has 0 aliphatic heterocycles. The fraction of sp³-hybridized carbons (Fsp3) is 0.462. The molecule has 0 fully saturated rings. The number of likely N-dealkylation sites (N-methyl/N-ethyl adjacent to an activating group) is 1. The highest BCUT2D eigenvalue weighted by Crippen LogP contribution is 2.27. The molecule has 0 aliphatic rings. The molecule has 2 amide bonds. The first kappa shape index (κ1) is 15.6. The molecule has 0 unspecified atom stereocenters. The molecule has 1 aromatic rings. The van der Waals surface area contributed by atoms with Crippen LogP contribution < -0.4 is 10.1 Å². The van der Waals surface area contributed by atoms with Gasteiger partial charge in [0.2, 0.25) is 0 Å². The van der Waals surface area contributed by atoms with E-state index in [0.717, 1.165) is 0 Å². The van der Waals surface area contributed by atoms with Gasteiger partial charge < -0.3 is 20.1 Å². The molecular weight excluding hydrogens is 268 g/mol. The molecule has 0 atom stereocenters. The van der Waals surface area contributed by atoms with Gasteiger partial charge in [-0.1, -0.05) is 11.6 Å². The Labute approximate surface area is 118 Å². The number of carbonyl (C=O) groups excluding carboxylic acids is 1. The van der Waals surface area contributed by atoms with Crippen molar-refractivity contribution in [2.75, 3.05) is 31.6 Å². The van der Waals surface area contributed by atoms with Crippen LogP contribution in [0.2, 0.25) is 5.02 Å². The van der Waals surface area contributed by atoms with E-state index in [0.29, 0.717) is 36.2 Å². The van der Waals surface area contributed by atoms with Crippen LogP contribution in [0.1, 0.15) is 13.8 Å². The Balaban J connectivity index is 2.71. The zero-order valence-corrected chi connectivity index (χ0v) is 11.9. The minimum Gasteiger partial charge on any atom is -0.492 e. The predicted octanol–water partition coefficient (Wildman–Crippen LogP) is 2.58. The van der Waals surface area contributed by atoms with Crippen LogP contribution in [0.25, 0.3) is 0 Å². The van der Waals surface area contributed by atoms with E-state index in [9.17, 15) is 4.79 Å². The van der Waals surface area contributed by atoms with E-state index in [4.69, 9.17) is 21.4 Å². The summed E-state index contributed by atoms with van der Waals surface area (Å²) in [5, 5.41) is 12.0. The number of hydrogen-bond acceptors (Lipinski definition) is 3. The van der Waals surface area contributed by atoms with Crippen LogP contribution in [0.4, 0.5) is 10.5 Å². The lowest BCUT2D eigenvalue weighted by Gasteiger charge is -2.20. The molecule has 0 radical (unpaired) electrons. The fourth-order valence-electron chi connectivity index (χ4n) is 1.58. The number of anilines is 1. The number of halogens is 1. The standard InChI is InChI=1S/C13H19ClN2O3/c1-3-16(7-8-17)13(18)15-10-5-6-12(19-4-2)11(14)9-10/h5-6,9,17H,3-4,7-8H2,1-2H3,(H,15,18). The summed E-state index contributed by atoms with van der Waals surface area (Å²) in [6.45, 7) is 5.02. The highest BCUT2D eigenvalue weighted by Gasteiger charge is 2.11. The minimum absolute atomic E-state index is 0.0642. The second-order valence-corrected chi connectivity index (χ2v) is 4.22. The Morgan fingerprint density at radius 3 is 2.74 bits per heavy atom. The molecule has 19 heavy (non-hydrogen) atoms. The van der Waals surface area contributed by atoms with E-state index in [1.54, 1.807) is 18.2 Å². The maximum absolute atomic E-state index is 11.9. The number of aliphatic hydroxyl groups excluding tert-OH is 1. The summed E-state index contributed by atoms with van der Waals surface area (Å²) in [4.78, 5) is 13.4. The van der Waals surface area contributed by atoms with Gasteiger partial charge in [0.1, 0.15) is 5.75 Å². The largest absolute Gasteiger partial charge is 0.492 e. The first-order valence-electron chi connectivity index (χ1n) is 6.21. The molecule has 6 heteroatoms. The van der Waals surface area contributed by atoms with Gasteiger partial charge in [-0.15, -0.1) is 0 Å². The van der Waals surface area contributed by atoms with Crippen molar-refractivity contribution in [3.05, 3.63) is 23.2 Å². The van der Waals surface area contributed by atoms with Crippen LogP contribution in [-0.2, 0) is 0 Å². The smallest absolute Gasteiger partial charge is 0.321 e. The van der Waals surface area contributed by atoms with Crippen molar-refractivity contribution in [1.29, 1.82) is 0 Å². The van der Waals surface area contributed by atoms with Crippen LogP contribution >= 0.6 is 11.6 Å². The number of ether oxygens (including phenoxy) is 1. The van der Waals surface area contributed by atoms with Crippen molar-refractivity contribution in [1.82, 2.24) is 4.90 Å². The maximum Gasteiger partial charge on any atom is 0.321 e. The number of carbonyl (C=O) groups is 1. The van der Waals surface area contributed by atoms with E-state index in [1.165, 1.54) is 4.90 Å². The lowest BCUT2D eigenvalue weighted by Crippen LogP contribution is -2.36. The molecule has 0 saturated carbocycles. The summed E-state index contributed by atoms with van der Waals surface area (Å²) in [6.07, 6.45) is 0. The SMILES string of the molecule is CCOc1ccc(NC(=O)N(CC)CCO)cc1Cl. The molecule has 0 aromatic heterocycles. The van der Waals surface area contributed by atoms with Crippen molar-refractivity contribution in [3.8, 4) is 5.75 Å². The number of aliphatic hydroxyl groups is 1. The molecule has 0 heterocycles. The maximum atomic E-state index is 11.9. The molecule has 1 rings (SSSR count). The number of nitrogens with one attached hydrogen (secondary N) is 1. The average molecular weight is 287 g/mol. The highest BCUT2D eigenvalue weighted by atomic mass is 35.5. The minimum atomic E-state index is -0.267. The predicted molar refractivity (Wildman–Crippen MR) is 76.0 cm³/mol. The first-order valence-corrected chi connectivity index (χ1v) is 6.59. The highest BCUT2D eigenvalue weighted by molar-refractivity contribution is 6.32. The lowest BCUT2D eigenvalue weighted by atomic mass is 10.3. The van der Waals surface area contributed by atoms with Gasteiger partial charge in [-0.25, -0.2) is 4.79 Å². The number of amides is 2. The summed E-state index contributed by atoms with van der Waals surface area (Å²) in [6, 6.07) is 4.81. The summed E-state index contributed by atoms with van der Waals surface area (Å²) in [5.74, 6) is 0.588. The van der Waals surface area contributed by atoms with Crippen molar-refractivity contribution in [2.24, 2.45) is 0 Å². The van der Waals surface area contributed by atoms with Crippen molar-refractivity contribution < 1.29 is 14.6 Å².